The second-order valence-electron chi connectivity index (χ2n) is 6.37. The van der Waals surface area contributed by atoms with Gasteiger partial charge < -0.3 is 10.0 Å². The van der Waals surface area contributed by atoms with Gasteiger partial charge in [-0.25, -0.2) is 0 Å². The molecule has 2 rings (SSSR count). The predicted molar refractivity (Wildman–Crippen MR) is 93.0 cm³/mol. The first kappa shape index (κ1) is 16.9. The molecule has 1 heterocycles. The van der Waals surface area contributed by atoms with Crippen LogP contribution in [0.4, 0.5) is 0 Å². The van der Waals surface area contributed by atoms with Gasteiger partial charge in [0.15, 0.2) is 0 Å². The van der Waals surface area contributed by atoms with Crippen molar-refractivity contribution in [1.29, 1.82) is 0 Å². The summed E-state index contributed by atoms with van der Waals surface area (Å²) in [6.45, 7) is 3.80. The van der Waals surface area contributed by atoms with Crippen molar-refractivity contribution in [1.82, 2.24) is 4.90 Å². The number of hydrogen-bond donors (Lipinski definition) is 1. The van der Waals surface area contributed by atoms with Crippen molar-refractivity contribution in [3.63, 3.8) is 0 Å². The Hall–Kier alpha value is -0.510. The van der Waals surface area contributed by atoms with Gasteiger partial charge in [0.2, 0.25) is 0 Å². The number of aliphatic hydroxyl groups is 1. The number of piperidine rings is 1. The number of likely N-dealkylation sites (tertiary alicyclic amines) is 1. The van der Waals surface area contributed by atoms with E-state index in [1.165, 1.54) is 43.7 Å². The van der Waals surface area contributed by atoms with E-state index < -0.39 is 0 Å². The normalized spacial score (nSPS) is 23.3. The van der Waals surface area contributed by atoms with Crippen LogP contribution in [-0.4, -0.2) is 48.3 Å². The lowest BCUT2D eigenvalue weighted by molar-refractivity contribution is 0.0260. The Kier molecular flexibility index (Phi) is 7.08. The summed E-state index contributed by atoms with van der Waals surface area (Å²) in [5, 5.41) is 9.98. The van der Waals surface area contributed by atoms with Crippen molar-refractivity contribution >= 4 is 11.8 Å². The fourth-order valence-electron chi connectivity index (χ4n) is 3.40. The molecule has 118 valence electrons. The molecule has 1 aromatic carbocycles. The van der Waals surface area contributed by atoms with Crippen LogP contribution >= 0.6 is 11.8 Å². The van der Waals surface area contributed by atoms with Crippen LogP contribution in [0.1, 0.15) is 31.2 Å². The van der Waals surface area contributed by atoms with Crippen molar-refractivity contribution in [2.45, 2.75) is 32.1 Å². The third-order valence-corrected chi connectivity index (χ3v) is 5.38. The molecule has 0 bridgehead atoms. The number of thioether (sulfide) groups is 1. The average Bonchev–Trinajstić information content (AvgIpc) is 2.55. The summed E-state index contributed by atoms with van der Waals surface area (Å²) in [5.74, 6) is 1.24. The summed E-state index contributed by atoms with van der Waals surface area (Å²) in [7, 11) is 0. The molecule has 0 aromatic heterocycles. The van der Waals surface area contributed by atoms with Crippen LogP contribution in [0, 0.1) is 5.41 Å². The van der Waals surface area contributed by atoms with E-state index in [0.29, 0.717) is 6.61 Å². The predicted octanol–water partition coefficient (Wildman–Crippen LogP) is 3.45. The Labute approximate surface area is 133 Å². The van der Waals surface area contributed by atoms with Crippen LogP contribution in [0.5, 0.6) is 0 Å². The smallest absolute Gasteiger partial charge is 0.0499 e. The zero-order valence-electron chi connectivity index (χ0n) is 13.3. The van der Waals surface area contributed by atoms with Crippen molar-refractivity contribution in [3.8, 4) is 0 Å². The molecule has 1 saturated heterocycles. The lowest BCUT2D eigenvalue weighted by Gasteiger charge is -2.42. The van der Waals surface area contributed by atoms with Crippen molar-refractivity contribution < 1.29 is 5.11 Å². The number of aliphatic hydroxyl groups excluding tert-OH is 1. The number of aryl methyl sites for hydroxylation is 1. The number of benzene rings is 1. The minimum absolute atomic E-state index is 0.119. The Balaban J connectivity index is 1.87. The van der Waals surface area contributed by atoms with E-state index in [2.05, 4.69) is 41.5 Å². The SMILES string of the molecule is CSCCCN1CCC[C@](CO)(CCc2ccccc2)C1. The third-order valence-electron chi connectivity index (χ3n) is 4.69. The van der Waals surface area contributed by atoms with Crippen molar-refractivity contribution in [2.24, 2.45) is 5.41 Å². The molecule has 0 radical (unpaired) electrons. The first-order valence-corrected chi connectivity index (χ1v) is 9.53. The molecular weight excluding hydrogens is 278 g/mol. The summed E-state index contributed by atoms with van der Waals surface area (Å²) in [5.41, 5.74) is 1.51. The van der Waals surface area contributed by atoms with Gasteiger partial charge >= 0.3 is 0 Å². The molecule has 3 heteroatoms. The molecule has 1 atom stereocenters. The van der Waals surface area contributed by atoms with Gasteiger partial charge in [-0.05, 0) is 62.8 Å². The molecule has 1 N–H and O–H groups in total. The lowest BCUT2D eigenvalue weighted by Crippen LogP contribution is -2.46. The molecule has 1 aromatic rings. The zero-order chi connectivity index (χ0) is 15.0. The maximum Gasteiger partial charge on any atom is 0.0499 e. The number of hydrogen-bond acceptors (Lipinski definition) is 3. The van der Waals surface area contributed by atoms with E-state index in [9.17, 15) is 5.11 Å². The number of rotatable bonds is 8. The van der Waals surface area contributed by atoms with Crippen molar-refractivity contribution in [3.05, 3.63) is 35.9 Å². The fourth-order valence-corrected chi connectivity index (χ4v) is 3.82. The Bertz CT molecular complexity index is 397. The molecule has 0 spiro atoms. The molecule has 0 aliphatic carbocycles. The molecule has 0 unspecified atom stereocenters. The van der Waals surface area contributed by atoms with Gasteiger partial charge in [-0.1, -0.05) is 30.3 Å². The Morgan fingerprint density at radius 3 is 2.81 bits per heavy atom. The minimum atomic E-state index is 0.119. The molecule has 21 heavy (non-hydrogen) atoms. The van der Waals surface area contributed by atoms with Crippen LogP contribution in [0.25, 0.3) is 0 Å². The highest BCUT2D eigenvalue weighted by Crippen LogP contribution is 2.34. The van der Waals surface area contributed by atoms with Gasteiger partial charge in [0.25, 0.3) is 0 Å². The second-order valence-corrected chi connectivity index (χ2v) is 7.36. The van der Waals surface area contributed by atoms with E-state index in [1.54, 1.807) is 0 Å². The molecule has 1 aliphatic heterocycles. The van der Waals surface area contributed by atoms with Crippen LogP contribution in [0.15, 0.2) is 30.3 Å². The standard InChI is InChI=1S/C18H29NOS/c1-21-14-6-13-19-12-5-10-18(15-19,16-20)11-9-17-7-3-2-4-8-17/h2-4,7-8,20H,5-6,9-16H2,1H3/t18-/m0/s1. The largest absolute Gasteiger partial charge is 0.396 e. The van der Waals surface area contributed by atoms with E-state index in [1.807, 2.05) is 11.8 Å². The van der Waals surface area contributed by atoms with Crippen molar-refractivity contribution in [2.75, 3.05) is 38.2 Å². The summed E-state index contributed by atoms with van der Waals surface area (Å²) in [4.78, 5) is 2.57. The highest BCUT2D eigenvalue weighted by atomic mass is 32.2. The first-order chi connectivity index (χ1) is 10.3. The van der Waals surface area contributed by atoms with Gasteiger partial charge in [-0.3, -0.25) is 0 Å². The van der Waals surface area contributed by atoms with E-state index in [4.69, 9.17) is 0 Å². The zero-order valence-corrected chi connectivity index (χ0v) is 14.1. The first-order valence-electron chi connectivity index (χ1n) is 8.14. The Morgan fingerprint density at radius 2 is 2.10 bits per heavy atom. The van der Waals surface area contributed by atoms with Gasteiger partial charge in [-0.15, -0.1) is 0 Å². The van der Waals surface area contributed by atoms with Gasteiger partial charge in [0.05, 0.1) is 0 Å². The molecule has 0 amide bonds. The summed E-state index contributed by atoms with van der Waals surface area (Å²) < 4.78 is 0. The maximum atomic E-state index is 9.98. The Morgan fingerprint density at radius 1 is 1.29 bits per heavy atom. The summed E-state index contributed by atoms with van der Waals surface area (Å²) >= 11 is 1.93. The van der Waals surface area contributed by atoms with E-state index >= 15 is 0 Å². The summed E-state index contributed by atoms with van der Waals surface area (Å²) in [6.07, 6.45) is 8.03. The van der Waals surface area contributed by atoms with Gasteiger partial charge in [-0.2, -0.15) is 11.8 Å². The fraction of sp³-hybridized carbons (Fsp3) is 0.667. The molecular formula is C18H29NOS. The molecule has 2 nitrogen and oxygen atoms in total. The monoisotopic (exact) mass is 307 g/mol. The maximum absolute atomic E-state index is 9.98. The van der Waals surface area contributed by atoms with E-state index in [-0.39, 0.29) is 5.41 Å². The molecule has 0 saturated carbocycles. The van der Waals surface area contributed by atoms with Crippen LogP contribution < -0.4 is 0 Å². The van der Waals surface area contributed by atoms with Crippen LogP contribution in [-0.2, 0) is 6.42 Å². The highest BCUT2D eigenvalue weighted by Gasteiger charge is 2.34. The second kappa shape index (κ2) is 8.82. The highest BCUT2D eigenvalue weighted by molar-refractivity contribution is 7.98. The lowest BCUT2D eigenvalue weighted by atomic mass is 9.76. The van der Waals surface area contributed by atoms with Crippen LogP contribution in [0.2, 0.25) is 0 Å². The van der Waals surface area contributed by atoms with Gasteiger partial charge in [0, 0.05) is 18.6 Å². The summed E-state index contributed by atoms with van der Waals surface area (Å²) in [6, 6.07) is 10.7. The average molecular weight is 308 g/mol. The minimum Gasteiger partial charge on any atom is -0.396 e. The molecule has 1 aliphatic rings. The quantitative estimate of drug-likeness (QED) is 0.744. The number of nitrogens with zero attached hydrogens (tertiary/aromatic N) is 1. The van der Waals surface area contributed by atoms with E-state index in [0.717, 1.165) is 19.4 Å². The van der Waals surface area contributed by atoms with Gasteiger partial charge in [0.1, 0.15) is 0 Å². The van der Waals surface area contributed by atoms with Crippen LogP contribution in [0.3, 0.4) is 0 Å². The molecule has 1 fully saturated rings. The third kappa shape index (κ3) is 5.32. The topological polar surface area (TPSA) is 23.5 Å².